The van der Waals surface area contributed by atoms with Crippen LogP contribution in [-0.4, -0.2) is 18.0 Å². The first-order chi connectivity index (χ1) is 12.9. The Bertz CT molecular complexity index is 1180. The van der Waals surface area contributed by atoms with Crippen molar-refractivity contribution in [2.24, 2.45) is 5.14 Å². The largest absolute Gasteiger partial charge is 0.325 e. The molecule has 7 nitrogen and oxygen atoms in total. The van der Waals surface area contributed by atoms with Crippen LogP contribution in [0.3, 0.4) is 0 Å². The molecule has 4 rings (SSSR count). The molecule has 0 saturated carbocycles. The predicted octanol–water partition coefficient (Wildman–Crippen LogP) is 2.75. The first kappa shape index (κ1) is 18.1. The van der Waals surface area contributed by atoms with Crippen molar-refractivity contribution < 1.29 is 8.42 Å². The number of rotatable bonds is 4. The first-order valence-electron chi connectivity index (χ1n) is 8.83. The van der Waals surface area contributed by atoms with E-state index in [9.17, 15) is 13.2 Å². The van der Waals surface area contributed by atoms with Gasteiger partial charge in [-0.15, -0.1) is 11.3 Å². The summed E-state index contributed by atoms with van der Waals surface area (Å²) in [6, 6.07) is 6.06. The van der Waals surface area contributed by atoms with E-state index in [-0.39, 0.29) is 10.5 Å². The molecule has 0 atom stereocenters. The van der Waals surface area contributed by atoms with Crippen LogP contribution in [0.1, 0.15) is 30.2 Å². The summed E-state index contributed by atoms with van der Waals surface area (Å²) >= 11 is 1.60. The van der Waals surface area contributed by atoms with Gasteiger partial charge < -0.3 is 5.32 Å². The molecule has 1 aliphatic carbocycles. The Hall–Kier alpha value is -2.23. The predicted molar refractivity (Wildman–Crippen MR) is 107 cm³/mol. The van der Waals surface area contributed by atoms with Gasteiger partial charge in [0, 0.05) is 17.1 Å². The van der Waals surface area contributed by atoms with Gasteiger partial charge in [0.1, 0.15) is 4.83 Å². The average molecular weight is 405 g/mol. The lowest BCUT2D eigenvalue weighted by molar-refractivity contribution is 0.598. The van der Waals surface area contributed by atoms with Gasteiger partial charge in [0.2, 0.25) is 16.0 Å². The molecule has 0 radical (unpaired) electrons. The number of thiophene rings is 1. The summed E-state index contributed by atoms with van der Waals surface area (Å²) in [7, 11) is -3.74. The third-order valence-corrected chi connectivity index (χ3v) is 6.94. The van der Waals surface area contributed by atoms with E-state index in [0.717, 1.165) is 35.9 Å². The second kappa shape index (κ2) is 6.74. The molecule has 0 aliphatic heterocycles. The molecular weight excluding hydrogens is 384 g/mol. The molecule has 1 aromatic carbocycles. The van der Waals surface area contributed by atoms with Gasteiger partial charge >= 0.3 is 0 Å². The number of anilines is 2. The quantitative estimate of drug-likeness (QED) is 0.695. The van der Waals surface area contributed by atoms with Crippen molar-refractivity contribution in [3.8, 4) is 0 Å². The van der Waals surface area contributed by atoms with E-state index in [0.29, 0.717) is 18.2 Å². The molecule has 1 aliphatic rings. The fourth-order valence-electron chi connectivity index (χ4n) is 3.48. The number of nitrogens with one attached hydrogen (secondary N) is 1. The molecule has 9 heteroatoms. The van der Waals surface area contributed by atoms with Gasteiger partial charge in [-0.1, -0.05) is 0 Å². The minimum atomic E-state index is -3.74. The highest BCUT2D eigenvalue weighted by molar-refractivity contribution is 7.89. The zero-order valence-electron chi connectivity index (χ0n) is 14.9. The van der Waals surface area contributed by atoms with Gasteiger partial charge in [0.05, 0.1) is 10.3 Å². The molecule has 0 fully saturated rings. The van der Waals surface area contributed by atoms with Gasteiger partial charge in [0.25, 0.3) is 5.56 Å². The number of benzene rings is 1. The van der Waals surface area contributed by atoms with Crippen molar-refractivity contribution in [2.45, 2.75) is 44.0 Å². The van der Waals surface area contributed by atoms with Crippen LogP contribution in [0.25, 0.3) is 10.2 Å². The fraction of sp³-hybridized carbons (Fsp3) is 0.333. The molecule has 2 aromatic heterocycles. The molecule has 3 aromatic rings. The van der Waals surface area contributed by atoms with Crippen molar-refractivity contribution in [1.29, 1.82) is 0 Å². The van der Waals surface area contributed by atoms with Crippen molar-refractivity contribution in [3.05, 3.63) is 45.1 Å². The molecule has 0 unspecified atom stereocenters. The zero-order chi connectivity index (χ0) is 19.2. The molecule has 27 heavy (non-hydrogen) atoms. The first-order valence-corrected chi connectivity index (χ1v) is 11.2. The van der Waals surface area contributed by atoms with Crippen LogP contribution in [-0.2, 0) is 29.4 Å². The van der Waals surface area contributed by atoms with Crippen LogP contribution in [0.15, 0.2) is 34.0 Å². The van der Waals surface area contributed by atoms with Gasteiger partial charge in [-0.25, -0.2) is 18.5 Å². The Morgan fingerprint density at radius 1 is 1.22 bits per heavy atom. The van der Waals surface area contributed by atoms with E-state index < -0.39 is 10.0 Å². The zero-order valence-corrected chi connectivity index (χ0v) is 16.5. The molecule has 2 heterocycles. The van der Waals surface area contributed by atoms with E-state index in [1.165, 1.54) is 22.6 Å². The van der Waals surface area contributed by atoms with Crippen molar-refractivity contribution in [3.63, 3.8) is 0 Å². The summed E-state index contributed by atoms with van der Waals surface area (Å²) in [5, 5.41) is 9.02. The lowest BCUT2D eigenvalue weighted by Crippen LogP contribution is -2.23. The van der Waals surface area contributed by atoms with Crippen LogP contribution in [0.4, 0.5) is 11.6 Å². The van der Waals surface area contributed by atoms with E-state index in [1.54, 1.807) is 28.0 Å². The Balaban J connectivity index is 1.78. The van der Waals surface area contributed by atoms with Crippen molar-refractivity contribution in [2.75, 3.05) is 5.32 Å². The Kier molecular flexibility index (Phi) is 4.53. The van der Waals surface area contributed by atoms with Crippen LogP contribution >= 0.6 is 11.3 Å². The number of sulfonamides is 1. The van der Waals surface area contributed by atoms with Gasteiger partial charge in [-0.2, -0.15) is 0 Å². The summed E-state index contributed by atoms with van der Waals surface area (Å²) in [4.78, 5) is 19.9. The van der Waals surface area contributed by atoms with Crippen LogP contribution in [0.5, 0.6) is 0 Å². The molecular formula is C18H20N4O3S2. The Labute approximate surface area is 160 Å². The summed E-state index contributed by atoms with van der Waals surface area (Å²) in [5.41, 5.74) is 1.78. The van der Waals surface area contributed by atoms with Crippen molar-refractivity contribution in [1.82, 2.24) is 9.55 Å². The number of hydrogen-bond acceptors (Lipinski definition) is 6. The summed E-state index contributed by atoms with van der Waals surface area (Å²) < 4.78 is 24.4. The summed E-state index contributed by atoms with van der Waals surface area (Å²) in [6.45, 7) is 2.40. The lowest BCUT2D eigenvalue weighted by Gasteiger charge is -2.13. The van der Waals surface area contributed by atoms with Gasteiger partial charge in [-0.3, -0.25) is 9.36 Å². The Morgan fingerprint density at radius 3 is 2.59 bits per heavy atom. The Morgan fingerprint density at radius 2 is 1.93 bits per heavy atom. The third-order valence-electron chi connectivity index (χ3n) is 4.83. The molecule has 3 N–H and O–H groups in total. The monoisotopic (exact) mass is 404 g/mol. The number of aromatic nitrogens is 2. The number of hydrogen-bond donors (Lipinski definition) is 2. The van der Waals surface area contributed by atoms with Gasteiger partial charge in [0.15, 0.2) is 0 Å². The number of primary sulfonamides is 1. The highest BCUT2D eigenvalue weighted by atomic mass is 32.2. The maximum atomic E-state index is 13.1. The van der Waals surface area contributed by atoms with Crippen LogP contribution < -0.4 is 16.0 Å². The van der Waals surface area contributed by atoms with E-state index in [2.05, 4.69) is 5.32 Å². The molecule has 0 amide bonds. The maximum absolute atomic E-state index is 13.1. The van der Waals surface area contributed by atoms with Crippen molar-refractivity contribution >= 4 is 43.2 Å². The number of nitrogens with zero attached hydrogens (tertiary/aromatic N) is 2. The number of aryl methyl sites for hydroxylation is 2. The molecule has 0 saturated heterocycles. The minimum Gasteiger partial charge on any atom is -0.325 e. The molecule has 0 bridgehead atoms. The normalized spacial score (nSPS) is 14.3. The fourth-order valence-corrected chi connectivity index (χ4v) is 5.25. The SMILES string of the molecule is CCn1c(Nc2ccc(S(N)(=O)=O)cc2)nc2sc3c(c2c1=O)CCCC3. The highest BCUT2D eigenvalue weighted by Gasteiger charge is 2.21. The second-order valence-corrected chi connectivity index (χ2v) is 9.22. The standard InChI is InChI=1S/C18H20N4O3S2/c1-2-22-17(23)15-13-5-3-4-6-14(13)26-16(15)21-18(22)20-11-7-9-12(10-8-11)27(19,24)25/h7-10H,2-6H2,1H3,(H,20,21)(H2,19,24,25). The smallest absolute Gasteiger partial charge is 0.263 e. The van der Waals surface area contributed by atoms with E-state index in [1.807, 2.05) is 6.92 Å². The summed E-state index contributed by atoms with van der Waals surface area (Å²) in [5.74, 6) is 0.456. The third kappa shape index (κ3) is 3.26. The topological polar surface area (TPSA) is 107 Å². The van der Waals surface area contributed by atoms with E-state index in [4.69, 9.17) is 10.1 Å². The maximum Gasteiger partial charge on any atom is 0.263 e. The molecule has 142 valence electrons. The highest BCUT2D eigenvalue weighted by Crippen LogP contribution is 2.34. The second-order valence-electron chi connectivity index (χ2n) is 6.57. The summed E-state index contributed by atoms with van der Waals surface area (Å²) in [6.07, 6.45) is 4.22. The lowest BCUT2D eigenvalue weighted by atomic mass is 9.97. The molecule has 0 spiro atoms. The van der Waals surface area contributed by atoms with E-state index >= 15 is 0 Å². The number of fused-ring (bicyclic) bond motifs is 3. The van der Waals surface area contributed by atoms with Crippen LogP contribution in [0, 0.1) is 0 Å². The van der Waals surface area contributed by atoms with Gasteiger partial charge in [-0.05, 0) is 62.4 Å². The average Bonchev–Trinajstić information content (AvgIpc) is 3.00. The minimum absolute atomic E-state index is 0.0226. The number of nitrogens with two attached hydrogens (primary N) is 1. The van der Waals surface area contributed by atoms with Crippen LogP contribution in [0.2, 0.25) is 0 Å².